The van der Waals surface area contributed by atoms with Crippen molar-refractivity contribution in [2.75, 3.05) is 32.8 Å². The van der Waals surface area contributed by atoms with Crippen molar-refractivity contribution in [3.63, 3.8) is 0 Å². The van der Waals surface area contributed by atoms with Crippen LogP contribution in [0.3, 0.4) is 0 Å². The molecule has 1 unspecified atom stereocenters. The zero-order chi connectivity index (χ0) is 16.3. The standard InChI is InChI=1S/C14H21N3O4S2/c18-14(12-10-15-5-8-21-12)17-6-3-11(4-7-17)16-23(19,20)13-2-1-9-22-13/h1-2,9,11-12,15-16H,3-8,10H2. The van der Waals surface area contributed by atoms with Crippen molar-refractivity contribution >= 4 is 27.3 Å². The minimum absolute atomic E-state index is 0.00300. The van der Waals surface area contributed by atoms with Crippen molar-refractivity contribution in [3.8, 4) is 0 Å². The lowest BCUT2D eigenvalue weighted by molar-refractivity contribution is -0.146. The van der Waals surface area contributed by atoms with E-state index in [0.717, 1.165) is 6.54 Å². The minimum atomic E-state index is -3.44. The molecule has 128 valence electrons. The molecule has 1 atom stereocenters. The fourth-order valence-corrected chi connectivity index (χ4v) is 5.15. The highest BCUT2D eigenvalue weighted by Gasteiger charge is 2.31. The topological polar surface area (TPSA) is 87.7 Å². The normalized spacial score (nSPS) is 23.8. The lowest BCUT2D eigenvalue weighted by Gasteiger charge is -2.35. The molecular weight excluding hydrogens is 338 g/mol. The summed E-state index contributed by atoms with van der Waals surface area (Å²) in [7, 11) is -3.44. The van der Waals surface area contributed by atoms with Crippen LogP contribution >= 0.6 is 11.3 Å². The number of rotatable bonds is 4. The molecule has 1 aromatic heterocycles. The van der Waals surface area contributed by atoms with Crippen LogP contribution in [0.25, 0.3) is 0 Å². The van der Waals surface area contributed by atoms with Crippen LogP contribution in [-0.4, -0.2) is 64.2 Å². The molecule has 0 saturated carbocycles. The number of nitrogens with zero attached hydrogens (tertiary/aromatic N) is 1. The molecule has 2 N–H and O–H groups in total. The molecule has 0 radical (unpaired) electrons. The second-order valence-corrected chi connectivity index (χ2v) is 8.61. The molecule has 3 heterocycles. The number of thiophene rings is 1. The molecule has 3 rings (SSSR count). The molecule has 2 aliphatic heterocycles. The molecule has 7 nitrogen and oxygen atoms in total. The zero-order valence-corrected chi connectivity index (χ0v) is 14.4. The molecule has 0 aliphatic carbocycles. The highest BCUT2D eigenvalue weighted by molar-refractivity contribution is 7.91. The molecule has 2 aliphatic rings. The average molecular weight is 359 g/mol. The largest absolute Gasteiger partial charge is 0.366 e. The Morgan fingerprint density at radius 2 is 2.17 bits per heavy atom. The van der Waals surface area contributed by atoms with E-state index in [-0.39, 0.29) is 11.9 Å². The van der Waals surface area contributed by atoms with E-state index in [4.69, 9.17) is 4.74 Å². The summed E-state index contributed by atoms with van der Waals surface area (Å²) in [5.41, 5.74) is 0. The van der Waals surface area contributed by atoms with Gasteiger partial charge in [0.1, 0.15) is 10.3 Å². The number of nitrogens with one attached hydrogen (secondary N) is 2. The molecule has 1 amide bonds. The van der Waals surface area contributed by atoms with E-state index in [1.165, 1.54) is 11.3 Å². The van der Waals surface area contributed by atoms with Crippen molar-refractivity contribution < 1.29 is 17.9 Å². The second-order valence-electron chi connectivity index (χ2n) is 5.72. The molecule has 9 heteroatoms. The van der Waals surface area contributed by atoms with Crippen molar-refractivity contribution in [1.82, 2.24) is 14.9 Å². The first-order valence-corrected chi connectivity index (χ1v) is 10.1. The Labute approximate surface area is 140 Å². The van der Waals surface area contributed by atoms with E-state index in [1.54, 1.807) is 22.4 Å². The summed E-state index contributed by atoms with van der Waals surface area (Å²) >= 11 is 1.20. The molecule has 0 aromatic carbocycles. The SMILES string of the molecule is O=C(C1CNCCO1)N1CCC(NS(=O)(=O)c2cccs2)CC1. The number of sulfonamides is 1. The lowest BCUT2D eigenvalue weighted by Crippen LogP contribution is -2.53. The quantitative estimate of drug-likeness (QED) is 0.790. The third-order valence-corrected chi connectivity index (χ3v) is 7.01. The summed E-state index contributed by atoms with van der Waals surface area (Å²) in [4.78, 5) is 14.1. The number of hydrogen-bond donors (Lipinski definition) is 2. The van der Waals surface area contributed by atoms with Gasteiger partial charge >= 0.3 is 0 Å². The summed E-state index contributed by atoms with van der Waals surface area (Å²) in [5, 5.41) is 4.89. The van der Waals surface area contributed by atoms with Crippen LogP contribution in [0.4, 0.5) is 0 Å². The van der Waals surface area contributed by atoms with Crippen LogP contribution in [0.2, 0.25) is 0 Å². The van der Waals surface area contributed by atoms with E-state index in [9.17, 15) is 13.2 Å². The molecular formula is C14H21N3O4S2. The first kappa shape index (κ1) is 16.8. The molecule has 2 fully saturated rings. The van der Waals surface area contributed by atoms with Crippen LogP contribution in [-0.2, 0) is 19.6 Å². The molecule has 0 bridgehead atoms. The Kier molecular flexibility index (Phi) is 5.32. The number of piperidine rings is 1. The van der Waals surface area contributed by atoms with E-state index in [2.05, 4.69) is 10.0 Å². The number of morpholine rings is 1. The first-order chi connectivity index (χ1) is 11.1. The van der Waals surface area contributed by atoms with Gasteiger partial charge < -0.3 is 15.0 Å². The molecule has 0 spiro atoms. The number of carbonyl (C=O) groups is 1. The van der Waals surface area contributed by atoms with Crippen molar-refractivity contribution in [1.29, 1.82) is 0 Å². The van der Waals surface area contributed by atoms with Crippen LogP contribution in [0.1, 0.15) is 12.8 Å². The Hall–Kier alpha value is -1.000. The van der Waals surface area contributed by atoms with Gasteiger partial charge in [-0.15, -0.1) is 11.3 Å². The van der Waals surface area contributed by atoms with Crippen LogP contribution in [0.5, 0.6) is 0 Å². The minimum Gasteiger partial charge on any atom is -0.366 e. The Morgan fingerprint density at radius 1 is 1.39 bits per heavy atom. The second kappa shape index (κ2) is 7.27. The van der Waals surface area contributed by atoms with E-state index in [1.807, 2.05) is 0 Å². The van der Waals surface area contributed by atoms with Gasteiger partial charge in [-0.2, -0.15) is 0 Å². The van der Waals surface area contributed by atoms with Gasteiger partial charge in [0.2, 0.25) is 10.0 Å². The average Bonchev–Trinajstić information content (AvgIpc) is 3.11. The Bertz CT molecular complexity index is 618. The van der Waals surface area contributed by atoms with Crippen molar-refractivity contribution in [3.05, 3.63) is 17.5 Å². The Balaban J connectivity index is 1.51. The fourth-order valence-electron chi connectivity index (χ4n) is 2.84. The number of ether oxygens (including phenoxy) is 1. The summed E-state index contributed by atoms with van der Waals surface area (Å²) in [5.74, 6) is -0.00300. The third-order valence-electron chi connectivity index (χ3n) is 4.09. The fraction of sp³-hybridized carbons (Fsp3) is 0.643. The van der Waals surface area contributed by atoms with Gasteiger partial charge in [-0.25, -0.2) is 13.1 Å². The summed E-state index contributed by atoms with van der Waals surface area (Å²) in [6.07, 6.45) is 0.829. The number of hydrogen-bond acceptors (Lipinski definition) is 6. The summed E-state index contributed by atoms with van der Waals surface area (Å²) in [6.45, 7) is 2.97. The summed E-state index contributed by atoms with van der Waals surface area (Å²) < 4.78 is 33.0. The number of amides is 1. The van der Waals surface area contributed by atoms with Gasteiger partial charge in [-0.05, 0) is 24.3 Å². The van der Waals surface area contributed by atoms with Crippen molar-refractivity contribution in [2.24, 2.45) is 0 Å². The number of carbonyl (C=O) groups excluding carboxylic acids is 1. The zero-order valence-electron chi connectivity index (χ0n) is 12.7. The van der Waals surface area contributed by atoms with Gasteiger partial charge in [0, 0.05) is 32.2 Å². The van der Waals surface area contributed by atoms with Gasteiger partial charge in [0.15, 0.2) is 0 Å². The molecule has 2 saturated heterocycles. The highest BCUT2D eigenvalue weighted by Crippen LogP contribution is 2.19. The maximum absolute atomic E-state index is 12.4. The highest BCUT2D eigenvalue weighted by atomic mass is 32.2. The van der Waals surface area contributed by atoms with E-state index >= 15 is 0 Å². The van der Waals surface area contributed by atoms with Crippen LogP contribution in [0, 0.1) is 0 Å². The van der Waals surface area contributed by atoms with Gasteiger partial charge in [-0.1, -0.05) is 6.07 Å². The van der Waals surface area contributed by atoms with Gasteiger partial charge in [0.05, 0.1) is 6.61 Å². The number of likely N-dealkylation sites (tertiary alicyclic amines) is 1. The summed E-state index contributed by atoms with van der Waals surface area (Å²) in [6, 6.07) is 3.19. The molecule has 1 aromatic rings. The molecule has 23 heavy (non-hydrogen) atoms. The smallest absolute Gasteiger partial charge is 0.253 e. The van der Waals surface area contributed by atoms with Crippen LogP contribution in [0.15, 0.2) is 21.7 Å². The predicted molar refractivity (Wildman–Crippen MR) is 86.9 cm³/mol. The van der Waals surface area contributed by atoms with Crippen molar-refractivity contribution in [2.45, 2.75) is 29.2 Å². The first-order valence-electron chi connectivity index (χ1n) is 7.73. The van der Waals surface area contributed by atoms with E-state index in [0.29, 0.717) is 43.3 Å². The monoisotopic (exact) mass is 359 g/mol. The Morgan fingerprint density at radius 3 is 2.78 bits per heavy atom. The predicted octanol–water partition coefficient (Wildman–Crippen LogP) is 0.00580. The van der Waals surface area contributed by atoms with Gasteiger partial charge in [-0.3, -0.25) is 4.79 Å². The van der Waals surface area contributed by atoms with Crippen LogP contribution < -0.4 is 10.0 Å². The van der Waals surface area contributed by atoms with Gasteiger partial charge in [0.25, 0.3) is 5.91 Å². The lowest BCUT2D eigenvalue weighted by atomic mass is 10.1. The third kappa shape index (κ3) is 4.10. The maximum Gasteiger partial charge on any atom is 0.253 e. The van der Waals surface area contributed by atoms with E-state index < -0.39 is 16.1 Å². The maximum atomic E-state index is 12.4.